The zero-order valence-corrected chi connectivity index (χ0v) is 18.6. The van der Waals surface area contributed by atoms with Crippen molar-refractivity contribution in [3.8, 4) is 0 Å². The molecule has 0 amide bonds. The lowest BCUT2D eigenvalue weighted by Gasteiger charge is -2.45. The van der Waals surface area contributed by atoms with Crippen molar-refractivity contribution in [2.45, 2.75) is 92.1 Å². The minimum absolute atomic E-state index is 0.0282. The summed E-state index contributed by atoms with van der Waals surface area (Å²) in [6.45, 7) is 3.84. The SMILES string of the molecule is CC1NCNC2C1CC[N+]2(C)[C@@H]1O[C@H]([C@H](O)C2NC3CCCC3[SH]2C)[C@@H](O)[C@H]1O. The first-order valence-corrected chi connectivity index (χ1v) is 13.2. The molecular formula is C20H39N4O4S+. The summed E-state index contributed by atoms with van der Waals surface area (Å²) in [7, 11) is 1.75. The van der Waals surface area contributed by atoms with Gasteiger partial charge in [-0.15, -0.1) is 0 Å². The molecule has 8 unspecified atom stereocenters. The molecule has 1 aliphatic carbocycles. The molecule has 9 heteroatoms. The number of aliphatic hydroxyl groups is 3. The fourth-order valence-electron chi connectivity index (χ4n) is 6.95. The molecule has 29 heavy (non-hydrogen) atoms. The van der Waals surface area contributed by atoms with Crippen LogP contribution >= 0.6 is 10.9 Å². The van der Waals surface area contributed by atoms with E-state index in [-0.39, 0.29) is 22.4 Å². The molecule has 5 aliphatic rings. The number of likely N-dealkylation sites (tertiary alicyclic amines) is 1. The molecule has 0 aromatic rings. The van der Waals surface area contributed by atoms with E-state index in [0.29, 0.717) is 27.7 Å². The van der Waals surface area contributed by atoms with E-state index in [4.69, 9.17) is 4.74 Å². The summed E-state index contributed by atoms with van der Waals surface area (Å²) in [4.78, 5) is 0. The second kappa shape index (κ2) is 7.56. The quantitative estimate of drug-likeness (QED) is 0.218. The maximum Gasteiger partial charge on any atom is 0.224 e. The molecular weight excluding hydrogens is 392 g/mol. The Morgan fingerprint density at radius 3 is 2.69 bits per heavy atom. The lowest BCUT2D eigenvalue weighted by Crippen LogP contribution is -2.69. The van der Waals surface area contributed by atoms with Crippen molar-refractivity contribution < 1.29 is 24.5 Å². The molecule has 4 aliphatic heterocycles. The van der Waals surface area contributed by atoms with Crippen LogP contribution in [0.1, 0.15) is 32.6 Å². The van der Waals surface area contributed by atoms with Crippen molar-refractivity contribution in [2.24, 2.45) is 5.92 Å². The number of likely N-dealkylation sites (N-methyl/N-ethyl adjacent to an activating group) is 1. The van der Waals surface area contributed by atoms with Crippen LogP contribution in [0.5, 0.6) is 0 Å². The maximum absolute atomic E-state index is 11.2. The zero-order chi connectivity index (χ0) is 20.5. The van der Waals surface area contributed by atoms with Gasteiger partial charge in [0.15, 0.2) is 6.10 Å². The number of quaternary nitrogens is 1. The number of thiol groups is 1. The summed E-state index contributed by atoms with van der Waals surface area (Å²) in [6, 6.07) is 0.908. The van der Waals surface area contributed by atoms with E-state index < -0.39 is 30.6 Å². The Morgan fingerprint density at radius 2 is 1.93 bits per heavy atom. The molecule has 8 nitrogen and oxygen atoms in total. The predicted octanol–water partition coefficient (Wildman–Crippen LogP) is -1.39. The summed E-state index contributed by atoms with van der Waals surface area (Å²) < 4.78 is 6.88. The van der Waals surface area contributed by atoms with Gasteiger partial charge < -0.3 is 30.7 Å². The number of nitrogens with one attached hydrogen (secondary N) is 3. The number of fused-ring (bicyclic) bond motifs is 2. The van der Waals surface area contributed by atoms with Crippen LogP contribution in [-0.4, -0.2) is 106 Å². The second-order valence-corrected chi connectivity index (χ2v) is 12.7. The van der Waals surface area contributed by atoms with Crippen LogP contribution in [-0.2, 0) is 4.74 Å². The van der Waals surface area contributed by atoms with E-state index in [0.717, 1.165) is 19.6 Å². The third kappa shape index (κ3) is 3.12. The number of hydrogen-bond donors (Lipinski definition) is 7. The highest BCUT2D eigenvalue weighted by molar-refractivity contribution is 8.17. The van der Waals surface area contributed by atoms with Crippen LogP contribution in [0.15, 0.2) is 0 Å². The van der Waals surface area contributed by atoms with Gasteiger partial charge in [0, 0.05) is 29.7 Å². The van der Waals surface area contributed by atoms with E-state index in [2.05, 4.69) is 36.2 Å². The molecule has 13 atom stereocenters. The Hall–Kier alpha value is 0.0300. The van der Waals surface area contributed by atoms with Gasteiger partial charge >= 0.3 is 0 Å². The van der Waals surface area contributed by atoms with E-state index >= 15 is 0 Å². The van der Waals surface area contributed by atoms with Gasteiger partial charge in [0.2, 0.25) is 6.23 Å². The van der Waals surface area contributed by atoms with E-state index in [1.165, 1.54) is 19.3 Å². The van der Waals surface area contributed by atoms with Crippen molar-refractivity contribution in [1.82, 2.24) is 16.0 Å². The highest BCUT2D eigenvalue weighted by Gasteiger charge is 2.62. The zero-order valence-electron chi connectivity index (χ0n) is 17.7. The number of hydrogen-bond acceptors (Lipinski definition) is 7. The summed E-state index contributed by atoms with van der Waals surface area (Å²) in [5, 5.41) is 44.4. The first kappa shape index (κ1) is 20.9. The standard InChI is InChI=1S/C20H39N4O4S/c1-10-11-7-8-24(2,18(11)22-9-21-10)20-15(26)14(25)17(28-20)16(27)19-23-12-5-4-6-13(12)29(19)3/h10-23,25-27,29H,4-9H2,1-3H3/q+1/t10?,11?,12?,13?,14-,15+,16-,17-,18?,19?,20+,24?/m0/s1. The number of nitrogens with zero attached hydrogens (tertiary/aromatic N) is 1. The summed E-state index contributed by atoms with van der Waals surface area (Å²) >= 11 is 0. The lowest BCUT2D eigenvalue weighted by molar-refractivity contribution is -0.972. The van der Waals surface area contributed by atoms with E-state index in [1.54, 1.807) is 0 Å². The Balaban J connectivity index is 1.33. The Morgan fingerprint density at radius 1 is 1.14 bits per heavy atom. The smallest absolute Gasteiger partial charge is 0.224 e. The van der Waals surface area contributed by atoms with Gasteiger partial charge in [0.05, 0.1) is 25.6 Å². The van der Waals surface area contributed by atoms with Crippen molar-refractivity contribution in [3.05, 3.63) is 0 Å². The number of rotatable bonds is 3. The first-order chi connectivity index (χ1) is 13.8. The van der Waals surface area contributed by atoms with Crippen molar-refractivity contribution >= 4 is 10.9 Å². The van der Waals surface area contributed by atoms with Crippen molar-refractivity contribution in [3.63, 3.8) is 0 Å². The minimum Gasteiger partial charge on any atom is -0.388 e. The topological polar surface area (TPSA) is 106 Å². The van der Waals surface area contributed by atoms with Crippen LogP contribution in [0.2, 0.25) is 0 Å². The highest BCUT2D eigenvalue weighted by atomic mass is 32.2. The molecule has 0 aromatic heterocycles. The first-order valence-electron chi connectivity index (χ1n) is 11.3. The largest absolute Gasteiger partial charge is 0.388 e. The third-order valence-corrected chi connectivity index (χ3v) is 11.7. The molecule has 0 spiro atoms. The second-order valence-electron chi connectivity index (χ2n) is 10.2. The Bertz CT molecular complexity index is 631. The fraction of sp³-hybridized carbons (Fsp3) is 1.00. The van der Waals surface area contributed by atoms with Crippen LogP contribution in [0, 0.1) is 5.92 Å². The van der Waals surface area contributed by atoms with E-state index in [9.17, 15) is 15.3 Å². The van der Waals surface area contributed by atoms with Gasteiger partial charge in [-0.2, -0.15) is 0 Å². The van der Waals surface area contributed by atoms with Crippen LogP contribution < -0.4 is 16.0 Å². The average Bonchev–Trinajstić information content (AvgIpc) is 3.43. The molecule has 5 fully saturated rings. The average molecular weight is 432 g/mol. The summed E-state index contributed by atoms with van der Waals surface area (Å²) in [5.74, 6) is 0.463. The molecule has 6 N–H and O–H groups in total. The highest BCUT2D eigenvalue weighted by Crippen LogP contribution is 2.50. The summed E-state index contributed by atoms with van der Waals surface area (Å²) in [5.41, 5.74) is 0. The van der Waals surface area contributed by atoms with Crippen LogP contribution in [0.3, 0.4) is 0 Å². The molecule has 0 bridgehead atoms. The van der Waals surface area contributed by atoms with Crippen molar-refractivity contribution in [2.75, 3.05) is 26.5 Å². The lowest BCUT2D eigenvalue weighted by atomic mass is 9.95. The normalized spacial score (nSPS) is 59.6. The fourth-order valence-corrected chi connectivity index (χ4v) is 9.83. The maximum atomic E-state index is 11.2. The van der Waals surface area contributed by atoms with Crippen LogP contribution in [0.4, 0.5) is 0 Å². The number of aliphatic hydroxyl groups excluding tert-OH is 3. The molecule has 0 radical (unpaired) electrons. The van der Waals surface area contributed by atoms with Crippen molar-refractivity contribution in [1.29, 1.82) is 0 Å². The minimum atomic E-state index is -1.06. The Kier molecular flexibility index (Phi) is 5.45. The molecule has 1 saturated carbocycles. The third-order valence-electron chi connectivity index (χ3n) is 8.71. The molecule has 0 aromatic carbocycles. The van der Waals surface area contributed by atoms with Gasteiger partial charge in [-0.3, -0.25) is 9.80 Å². The molecule has 5 rings (SSSR count). The monoisotopic (exact) mass is 431 g/mol. The van der Waals surface area contributed by atoms with Gasteiger partial charge in [0.25, 0.3) is 0 Å². The molecule has 4 heterocycles. The Labute approximate surface area is 176 Å². The molecule has 168 valence electrons. The summed E-state index contributed by atoms with van der Waals surface area (Å²) in [6.07, 6.45) is 3.05. The van der Waals surface area contributed by atoms with Crippen LogP contribution in [0.25, 0.3) is 0 Å². The van der Waals surface area contributed by atoms with Gasteiger partial charge in [-0.1, -0.05) is 6.42 Å². The van der Waals surface area contributed by atoms with Gasteiger partial charge in [-0.25, -0.2) is 10.9 Å². The predicted molar refractivity (Wildman–Crippen MR) is 113 cm³/mol. The van der Waals surface area contributed by atoms with Gasteiger partial charge in [-0.05, 0) is 26.0 Å². The molecule has 4 saturated heterocycles. The van der Waals surface area contributed by atoms with E-state index in [1.807, 2.05) is 0 Å². The van der Waals surface area contributed by atoms with Gasteiger partial charge in [0.1, 0.15) is 24.5 Å². The number of ether oxygens (including phenoxy) is 1.